The molecule has 30 heavy (non-hydrogen) atoms. The molecule has 4 aromatic carbocycles. The number of fused-ring (bicyclic) bond motifs is 4. The van der Waals surface area contributed by atoms with Crippen LogP contribution < -0.4 is 5.32 Å². The summed E-state index contributed by atoms with van der Waals surface area (Å²) in [5.74, 6) is 0. The van der Waals surface area contributed by atoms with Crippen LogP contribution in [-0.2, 0) is 6.54 Å². The molecule has 0 unspecified atom stereocenters. The minimum Gasteiger partial charge on any atom is -0.389 e. The maximum atomic E-state index is 10.9. The van der Waals surface area contributed by atoms with Gasteiger partial charge in [-0.05, 0) is 47.9 Å². The SMILES string of the molecule is O[C@@H](CNc1cccc2ccccc12)Cn1c2ccc(Br)cc2c2cc(Br)ccc21. The predicted molar refractivity (Wildman–Crippen MR) is 133 cm³/mol. The first kappa shape index (κ1) is 19.6. The molecule has 150 valence electrons. The van der Waals surface area contributed by atoms with Gasteiger partial charge < -0.3 is 15.0 Å². The molecule has 5 aromatic rings. The summed E-state index contributed by atoms with van der Waals surface area (Å²) >= 11 is 7.17. The van der Waals surface area contributed by atoms with Crippen molar-refractivity contribution in [3.8, 4) is 0 Å². The van der Waals surface area contributed by atoms with Gasteiger partial charge in [0.05, 0.1) is 12.6 Å². The standard InChI is InChI=1S/C25H20Br2N2O/c26-17-8-10-24-21(12-17)22-13-18(27)9-11-25(22)29(24)15-19(30)14-28-23-7-3-5-16-4-1-2-6-20(16)23/h1-13,19,28,30H,14-15H2/t19-/m0/s1. The van der Waals surface area contributed by atoms with E-state index in [9.17, 15) is 5.11 Å². The Labute approximate surface area is 191 Å². The lowest BCUT2D eigenvalue weighted by atomic mass is 10.1. The van der Waals surface area contributed by atoms with E-state index in [1.807, 2.05) is 30.3 Å². The summed E-state index contributed by atoms with van der Waals surface area (Å²) in [7, 11) is 0. The highest BCUT2D eigenvalue weighted by Crippen LogP contribution is 2.33. The quantitative estimate of drug-likeness (QED) is 0.261. The Bertz CT molecular complexity index is 1310. The summed E-state index contributed by atoms with van der Waals surface area (Å²) in [5.41, 5.74) is 3.29. The summed E-state index contributed by atoms with van der Waals surface area (Å²) < 4.78 is 4.30. The first-order valence-corrected chi connectivity index (χ1v) is 11.5. The van der Waals surface area contributed by atoms with Crippen LogP contribution in [0.3, 0.4) is 0 Å². The van der Waals surface area contributed by atoms with E-state index in [0.29, 0.717) is 13.1 Å². The van der Waals surface area contributed by atoms with Gasteiger partial charge >= 0.3 is 0 Å². The van der Waals surface area contributed by atoms with Crippen molar-refractivity contribution in [1.82, 2.24) is 4.57 Å². The zero-order chi connectivity index (χ0) is 20.7. The molecule has 0 aliphatic heterocycles. The second kappa shape index (κ2) is 8.06. The molecule has 0 saturated heterocycles. The molecular formula is C25H20Br2N2O. The Morgan fingerprint density at radius 1 is 0.767 bits per heavy atom. The molecule has 0 saturated carbocycles. The van der Waals surface area contributed by atoms with Crippen LogP contribution in [0.25, 0.3) is 32.6 Å². The Morgan fingerprint density at radius 3 is 2.10 bits per heavy atom. The van der Waals surface area contributed by atoms with Crippen LogP contribution in [0.5, 0.6) is 0 Å². The van der Waals surface area contributed by atoms with Crippen molar-refractivity contribution in [2.24, 2.45) is 0 Å². The van der Waals surface area contributed by atoms with Gasteiger partial charge in [0.25, 0.3) is 0 Å². The van der Waals surface area contributed by atoms with Crippen LogP contribution in [0.2, 0.25) is 0 Å². The van der Waals surface area contributed by atoms with Gasteiger partial charge in [-0.25, -0.2) is 0 Å². The fourth-order valence-electron chi connectivity index (χ4n) is 4.13. The number of aliphatic hydroxyl groups is 1. The molecule has 0 amide bonds. The fraction of sp³-hybridized carbons (Fsp3) is 0.120. The van der Waals surface area contributed by atoms with E-state index in [4.69, 9.17) is 0 Å². The van der Waals surface area contributed by atoms with Crippen molar-refractivity contribution < 1.29 is 5.11 Å². The number of halogens is 2. The van der Waals surface area contributed by atoms with Crippen LogP contribution >= 0.6 is 31.9 Å². The summed E-state index contributed by atoms with van der Waals surface area (Å²) in [6, 6.07) is 27.1. The summed E-state index contributed by atoms with van der Waals surface area (Å²) in [5, 5.41) is 19.0. The molecular weight excluding hydrogens is 504 g/mol. The molecule has 1 atom stereocenters. The summed E-state index contributed by atoms with van der Waals surface area (Å²) in [4.78, 5) is 0. The van der Waals surface area contributed by atoms with Crippen LogP contribution in [0.4, 0.5) is 5.69 Å². The number of nitrogens with zero attached hydrogens (tertiary/aromatic N) is 1. The lowest BCUT2D eigenvalue weighted by molar-refractivity contribution is 0.169. The number of benzene rings is 4. The number of anilines is 1. The molecule has 1 aromatic heterocycles. The molecule has 1 heterocycles. The van der Waals surface area contributed by atoms with Crippen LogP contribution in [0.1, 0.15) is 0 Å². The first-order valence-electron chi connectivity index (χ1n) is 9.87. The minimum absolute atomic E-state index is 0.474. The van der Waals surface area contributed by atoms with E-state index in [2.05, 4.69) is 90.3 Å². The minimum atomic E-state index is -0.532. The van der Waals surface area contributed by atoms with E-state index in [1.54, 1.807) is 0 Å². The maximum absolute atomic E-state index is 10.9. The van der Waals surface area contributed by atoms with Crippen molar-refractivity contribution in [3.05, 3.63) is 87.8 Å². The molecule has 3 nitrogen and oxygen atoms in total. The van der Waals surface area contributed by atoms with Gasteiger partial charge in [-0.2, -0.15) is 0 Å². The first-order chi connectivity index (χ1) is 14.6. The third-order valence-corrected chi connectivity index (χ3v) is 6.49. The van der Waals surface area contributed by atoms with Gasteiger partial charge in [-0.1, -0.05) is 68.3 Å². The van der Waals surface area contributed by atoms with Gasteiger partial charge in [0.1, 0.15) is 0 Å². The fourth-order valence-corrected chi connectivity index (χ4v) is 4.85. The molecule has 0 aliphatic rings. The Balaban J connectivity index is 1.45. The smallest absolute Gasteiger partial charge is 0.0891 e. The predicted octanol–water partition coefficient (Wildman–Crippen LogP) is 6.95. The highest BCUT2D eigenvalue weighted by atomic mass is 79.9. The number of aromatic nitrogens is 1. The lowest BCUT2D eigenvalue weighted by Crippen LogP contribution is -2.24. The van der Waals surface area contributed by atoms with Gasteiger partial charge in [-0.15, -0.1) is 0 Å². The van der Waals surface area contributed by atoms with Crippen LogP contribution in [-0.4, -0.2) is 22.3 Å². The largest absolute Gasteiger partial charge is 0.389 e. The third kappa shape index (κ3) is 3.62. The monoisotopic (exact) mass is 522 g/mol. The number of rotatable bonds is 5. The number of nitrogens with one attached hydrogen (secondary N) is 1. The van der Waals surface area contributed by atoms with E-state index in [-0.39, 0.29) is 0 Å². The van der Waals surface area contributed by atoms with Gasteiger partial charge in [0.15, 0.2) is 0 Å². The third-order valence-electron chi connectivity index (χ3n) is 5.50. The zero-order valence-corrected chi connectivity index (χ0v) is 19.3. The Hall–Kier alpha value is -2.34. The number of hydrogen-bond donors (Lipinski definition) is 2. The van der Waals surface area contributed by atoms with Crippen molar-refractivity contribution in [1.29, 1.82) is 0 Å². The topological polar surface area (TPSA) is 37.2 Å². The average molecular weight is 524 g/mol. The van der Waals surface area contributed by atoms with E-state index in [0.717, 1.165) is 25.7 Å². The maximum Gasteiger partial charge on any atom is 0.0891 e. The molecule has 2 N–H and O–H groups in total. The van der Waals surface area contributed by atoms with Crippen molar-refractivity contribution in [2.75, 3.05) is 11.9 Å². The summed E-state index contributed by atoms with van der Waals surface area (Å²) in [6.07, 6.45) is -0.532. The molecule has 0 radical (unpaired) electrons. The molecule has 0 aliphatic carbocycles. The van der Waals surface area contributed by atoms with Gasteiger partial charge in [-0.3, -0.25) is 0 Å². The van der Waals surface area contributed by atoms with E-state index < -0.39 is 6.10 Å². The van der Waals surface area contributed by atoms with Crippen molar-refractivity contribution >= 4 is 70.1 Å². The highest BCUT2D eigenvalue weighted by molar-refractivity contribution is 9.10. The molecule has 0 spiro atoms. The molecule has 0 bridgehead atoms. The highest BCUT2D eigenvalue weighted by Gasteiger charge is 2.15. The Morgan fingerprint density at radius 2 is 1.40 bits per heavy atom. The lowest BCUT2D eigenvalue weighted by Gasteiger charge is -2.16. The number of hydrogen-bond acceptors (Lipinski definition) is 2. The number of aliphatic hydroxyl groups excluding tert-OH is 1. The van der Waals surface area contributed by atoms with Crippen LogP contribution in [0, 0.1) is 0 Å². The van der Waals surface area contributed by atoms with E-state index in [1.165, 1.54) is 21.5 Å². The summed E-state index contributed by atoms with van der Waals surface area (Å²) in [6.45, 7) is 0.989. The zero-order valence-electron chi connectivity index (χ0n) is 16.1. The van der Waals surface area contributed by atoms with Crippen molar-refractivity contribution in [2.45, 2.75) is 12.6 Å². The molecule has 5 rings (SSSR count). The van der Waals surface area contributed by atoms with Gasteiger partial charge in [0.2, 0.25) is 0 Å². The second-order valence-electron chi connectivity index (χ2n) is 7.49. The van der Waals surface area contributed by atoms with Crippen molar-refractivity contribution in [3.63, 3.8) is 0 Å². The molecule has 5 heteroatoms. The normalized spacial score (nSPS) is 12.6. The van der Waals surface area contributed by atoms with Gasteiger partial charge in [0, 0.05) is 48.4 Å². The average Bonchev–Trinajstić information content (AvgIpc) is 3.04. The molecule has 0 fully saturated rings. The van der Waals surface area contributed by atoms with Crippen LogP contribution in [0.15, 0.2) is 87.8 Å². The Kier molecular flexibility index (Phi) is 5.27. The van der Waals surface area contributed by atoms with E-state index >= 15 is 0 Å². The second-order valence-corrected chi connectivity index (χ2v) is 9.33.